The molecule has 2 aliphatic rings. The van der Waals surface area contributed by atoms with Crippen molar-refractivity contribution in [2.45, 2.75) is 44.8 Å². The van der Waals surface area contributed by atoms with Crippen molar-refractivity contribution in [1.82, 2.24) is 19.9 Å². The van der Waals surface area contributed by atoms with Gasteiger partial charge in [0, 0.05) is 36.9 Å². The van der Waals surface area contributed by atoms with Crippen LogP contribution in [0.4, 0.5) is 15.9 Å². The number of anilines is 2. The molecule has 36 heavy (non-hydrogen) atoms. The van der Waals surface area contributed by atoms with Crippen LogP contribution >= 0.6 is 0 Å². The summed E-state index contributed by atoms with van der Waals surface area (Å²) in [6, 6.07) is 4.22. The quantitative estimate of drug-likeness (QED) is 0.472. The summed E-state index contributed by atoms with van der Waals surface area (Å²) in [5.74, 6) is 0.450. The van der Waals surface area contributed by atoms with Crippen LogP contribution in [0, 0.1) is 12.7 Å². The molecule has 1 aliphatic heterocycles. The third-order valence-corrected chi connectivity index (χ3v) is 8.82. The number of fused-ring (bicyclic) bond motifs is 1. The summed E-state index contributed by atoms with van der Waals surface area (Å²) in [5, 5.41) is 20.3. The lowest BCUT2D eigenvalue weighted by Crippen LogP contribution is -2.36. The monoisotopic (exact) mass is 516 g/mol. The lowest BCUT2D eigenvalue weighted by atomic mass is 9.95. The first kappa shape index (κ1) is 24.6. The number of hydrogen-bond donors (Lipinski definition) is 3. The van der Waals surface area contributed by atoms with Gasteiger partial charge in [-0.3, -0.25) is 4.79 Å². The standard InChI is InChI=1S/C24H29FN6O4S/c1-15-19(24(33)30-36(34)10-8-26-9-11-36)13-31-22(15)23(27-14-28-31)29-20-7-2-16(25)12-21(20)35-18-5-3-17(32)4-6-18/h2,7,12-14,17-18,26,32H,3-6,8-11H2,1H3,(H,27,28,29). The molecule has 10 nitrogen and oxygen atoms in total. The molecule has 0 bridgehead atoms. The van der Waals surface area contributed by atoms with E-state index in [1.807, 2.05) is 0 Å². The topological polar surface area (TPSA) is 130 Å². The fourth-order valence-electron chi connectivity index (χ4n) is 4.62. The average molecular weight is 517 g/mol. The second-order valence-electron chi connectivity index (χ2n) is 9.21. The fraction of sp³-hybridized carbons (Fsp3) is 0.458. The number of carbonyl (C=O) groups is 1. The summed E-state index contributed by atoms with van der Waals surface area (Å²) in [6.45, 7) is 2.89. The predicted octanol–water partition coefficient (Wildman–Crippen LogP) is 2.81. The number of rotatable bonds is 5. The van der Waals surface area contributed by atoms with Crippen LogP contribution in [0.25, 0.3) is 5.52 Å². The molecule has 3 heterocycles. The van der Waals surface area contributed by atoms with Crippen LogP contribution < -0.4 is 15.4 Å². The first-order valence-electron chi connectivity index (χ1n) is 12.0. The van der Waals surface area contributed by atoms with Crippen LogP contribution in [0.5, 0.6) is 5.75 Å². The number of benzene rings is 1. The lowest BCUT2D eigenvalue weighted by molar-refractivity contribution is 0.0668. The van der Waals surface area contributed by atoms with Gasteiger partial charge in [-0.05, 0) is 50.3 Å². The fourth-order valence-corrected chi connectivity index (χ4v) is 6.33. The molecule has 1 saturated heterocycles. The molecule has 2 aromatic heterocycles. The van der Waals surface area contributed by atoms with Crippen molar-refractivity contribution in [2.24, 2.45) is 4.36 Å². The van der Waals surface area contributed by atoms with E-state index in [2.05, 4.69) is 25.1 Å². The van der Waals surface area contributed by atoms with E-state index < -0.39 is 21.5 Å². The van der Waals surface area contributed by atoms with E-state index in [4.69, 9.17) is 4.74 Å². The SMILES string of the molecule is Cc1c(C(=O)N=S2(=O)CCNCC2)cn2ncnc(Nc3ccc(F)cc3OC3CCC(O)CC3)c12. The van der Waals surface area contributed by atoms with Crippen molar-refractivity contribution in [3.05, 3.63) is 47.7 Å². The number of carbonyl (C=O) groups excluding carboxylic acids is 1. The van der Waals surface area contributed by atoms with Crippen LogP contribution in [0.1, 0.15) is 41.6 Å². The third-order valence-electron chi connectivity index (χ3n) is 6.64. The molecular weight excluding hydrogens is 487 g/mol. The first-order valence-corrected chi connectivity index (χ1v) is 13.9. The summed E-state index contributed by atoms with van der Waals surface area (Å²) in [6.07, 6.45) is 5.11. The number of nitrogens with one attached hydrogen (secondary N) is 2. The molecule has 2 fully saturated rings. The number of ether oxygens (including phenoxy) is 1. The van der Waals surface area contributed by atoms with Crippen LogP contribution in [0.2, 0.25) is 0 Å². The number of hydrogen-bond acceptors (Lipinski definition) is 8. The van der Waals surface area contributed by atoms with Crippen molar-refractivity contribution < 1.29 is 23.2 Å². The van der Waals surface area contributed by atoms with Crippen LogP contribution in [-0.2, 0) is 9.73 Å². The van der Waals surface area contributed by atoms with Gasteiger partial charge in [-0.2, -0.15) is 9.46 Å². The maximum Gasteiger partial charge on any atom is 0.287 e. The van der Waals surface area contributed by atoms with Gasteiger partial charge in [0.2, 0.25) is 0 Å². The van der Waals surface area contributed by atoms with Gasteiger partial charge >= 0.3 is 0 Å². The Morgan fingerprint density at radius 3 is 2.78 bits per heavy atom. The maximum absolute atomic E-state index is 14.1. The van der Waals surface area contributed by atoms with Crippen molar-refractivity contribution in [3.8, 4) is 5.75 Å². The van der Waals surface area contributed by atoms with E-state index >= 15 is 0 Å². The summed E-state index contributed by atoms with van der Waals surface area (Å²) in [4.78, 5) is 17.3. The Hall–Kier alpha value is -3.09. The Labute approximate surface area is 208 Å². The zero-order chi connectivity index (χ0) is 25.3. The summed E-state index contributed by atoms with van der Waals surface area (Å²) < 4.78 is 38.7. The van der Waals surface area contributed by atoms with Crippen molar-refractivity contribution in [3.63, 3.8) is 0 Å². The minimum Gasteiger partial charge on any atom is -0.488 e. The molecular formula is C24H29FN6O4S. The van der Waals surface area contributed by atoms with E-state index in [9.17, 15) is 18.5 Å². The molecule has 0 spiro atoms. The van der Waals surface area contributed by atoms with Gasteiger partial charge in [-0.25, -0.2) is 18.1 Å². The van der Waals surface area contributed by atoms with Crippen LogP contribution in [-0.4, -0.2) is 66.6 Å². The van der Waals surface area contributed by atoms with E-state index in [1.165, 1.54) is 23.0 Å². The molecule has 1 amide bonds. The van der Waals surface area contributed by atoms with E-state index in [-0.39, 0.29) is 12.2 Å². The minimum absolute atomic E-state index is 0.126. The molecule has 0 atom stereocenters. The Balaban J connectivity index is 1.46. The zero-order valence-corrected chi connectivity index (χ0v) is 20.8. The highest BCUT2D eigenvalue weighted by Crippen LogP contribution is 2.34. The zero-order valence-electron chi connectivity index (χ0n) is 19.9. The molecule has 1 aromatic carbocycles. The van der Waals surface area contributed by atoms with E-state index in [0.29, 0.717) is 84.2 Å². The minimum atomic E-state index is -2.59. The van der Waals surface area contributed by atoms with Crippen molar-refractivity contribution in [2.75, 3.05) is 29.9 Å². The van der Waals surface area contributed by atoms with Crippen molar-refractivity contribution >= 4 is 32.7 Å². The number of nitrogens with zero attached hydrogens (tertiary/aromatic N) is 4. The molecule has 12 heteroatoms. The van der Waals surface area contributed by atoms with Gasteiger partial charge in [0.05, 0.1) is 33.2 Å². The number of aryl methyl sites for hydroxylation is 1. The highest BCUT2D eigenvalue weighted by molar-refractivity contribution is 7.94. The van der Waals surface area contributed by atoms with Gasteiger partial charge in [-0.1, -0.05) is 0 Å². The number of aliphatic hydroxyl groups excluding tert-OH is 1. The molecule has 0 radical (unpaired) electrons. The van der Waals surface area contributed by atoms with E-state index in [1.54, 1.807) is 19.2 Å². The summed E-state index contributed by atoms with van der Waals surface area (Å²) in [5.41, 5.74) is 1.96. The van der Waals surface area contributed by atoms with Crippen molar-refractivity contribution in [1.29, 1.82) is 0 Å². The summed E-state index contributed by atoms with van der Waals surface area (Å²) in [7, 11) is -2.59. The Kier molecular flexibility index (Phi) is 6.91. The largest absolute Gasteiger partial charge is 0.488 e. The molecule has 1 saturated carbocycles. The smallest absolute Gasteiger partial charge is 0.287 e. The first-order chi connectivity index (χ1) is 17.3. The van der Waals surface area contributed by atoms with Gasteiger partial charge in [0.15, 0.2) is 5.82 Å². The Bertz CT molecular complexity index is 1400. The van der Waals surface area contributed by atoms with Gasteiger partial charge in [0.25, 0.3) is 5.91 Å². The number of amides is 1. The Morgan fingerprint density at radius 2 is 2.03 bits per heavy atom. The molecule has 3 N–H and O–H groups in total. The van der Waals surface area contributed by atoms with Crippen LogP contribution in [0.3, 0.4) is 0 Å². The molecule has 5 rings (SSSR count). The average Bonchev–Trinajstić information content (AvgIpc) is 3.20. The second-order valence-corrected chi connectivity index (χ2v) is 11.8. The van der Waals surface area contributed by atoms with Gasteiger partial charge in [-0.15, -0.1) is 0 Å². The maximum atomic E-state index is 14.1. The molecule has 192 valence electrons. The third kappa shape index (κ3) is 5.20. The number of halogens is 1. The molecule has 0 unspecified atom stereocenters. The highest BCUT2D eigenvalue weighted by Gasteiger charge is 2.24. The van der Waals surface area contributed by atoms with Gasteiger partial charge in [0.1, 0.15) is 23.4 Å². The number of aromatic nitrogens is 3. The lowest BCUT2D eigenvalue weighted by Gasteiger charge is -2.27. The normalized spacial score (nSPS) is 21.8. The number of aliphatic hydroxyl groups is 1. The summed E-state index contributed by atoms with van der Waals surface area (Å²) >= 11 is 0. The second kappa shape index (κ2) is 10.1. The molecule has 1 aliphatic carbocycles. The van der Waals surface area contributed by atoms with Gasteiger partial charge < -0.3 is 20.5 Å². The highest BCUT2D eigenvalue weighted by atomic mass is 32.2. The Morgan fingerprint density at radius 1 is 1.28 bits per heavy atom. The molecule has 3 aromatic rings. The van der Waals surface area contributed by atoms with Crippen LogP contribution in [0.15, 0.2) is 35.1 Å². The van der Waals surface area contributed by atoms with E-state index in [0.717, 1.165) is 0 Å². The predicted molar refractivity (Wildman–Crippen MR) is 134 cm³/mol.